The molecule has 0 saturated carbocycles. The fraction of sp³-hybridized carbons (Fsp3) is 0.800. The normalized spacial score (nSPS) is 9.73. The summed E-state index contributed by atoms with van der Waals surface area (Å²) in [6.45, 7) is 1.01. The van der Waals surface area contributed by atoms with E-state index in [2.05, 4.69) is 5.14 Å². The molecule has 0 atom stereocenters. The summed E-state index contributed by atoms with van der Waals surface area (Å²) >= 11 is 6.11. The molecular weight excluding hydrogens is 184 g/mol. The zero-order valence-electron chi connectivity index (χ0n) is 6.19. The Kier molecular flexibility index (Phi) is 6.88. The quantitative estimate of drug-likeness (QED) is 0.271. The largest absolute Gasteiger partial charge is 0.570 e. The highest BCUT2D eigenvalue weighted by Crippen LogP contribution is 1.95. The summed E-state index contributed by atoms with van der Waals surface area (Å²) < 4.78 is 0.605. The Bertz CT molecular complexity index is 117. The summed E-state index contributed by atoms with van der Waals surface area (Å²) in [6.07, 6.45) is 0. The molecular formula is C5H13N2O2S2+2. The third-order valence-corrected chi connectivity index (χ3v) is 2.24. The highest BCUT2D eigenvalue weighted by Gasteiger charge is 2.20. The Hall–Kier alpha value is 0.120. The van der Waals surface area contributed by atoms with Crippen molar-refractivity contribution in [1.29, 1.82) is 0 Å². The molecule has 0 aliphatic heterocycles. The number of aliphatic hydroxyl groups is 2. The fourth-order valence-corrected chi connectivity index (χ4v) is 1.17. The molecule has 0 saturated heterocycles. The second-order valence-corrected chi connectivity index (χ2v) is 3.16. The van der Waals surface area contributed by atoms with Gasteiger partial charge in [0.05, 0.1) is 13.2 Å². The van der Waals surface area contributed by atoms with Crippen LogP contribution in [0.1, 0.15) is 0 Å². The molecule has 0 rings (SSSR count). The average molecular weight is 197 g/mol. The van der Waals surface area contributed by atoms with Gasteiger partial charge in [0, 0.05) is 13.1 Å². The Morgan fingerprint density at radius 3 is 2.09 bits per heavy atom. The van der Waals surface area contributed by atoms with Gasteiger partial charge in [0.1, 0.15) is 0 Å². The third kappa shape index (κ3) is 4.54. The van der Waals surface area contributed by atoms with Crippen molar-refractivity contribution >= 4 is 28.5 Å². The van der Waals surface area contributed by atoms with E-state index in [1.807, 2.05) is 0 Å². The second-order valence-electron chi connectivity index (χ2n) is 1.84. The summed E-state index contributed by atoms with van der Waals surface area (Å²) in [5.74, 6) is 0. The highest BCUT2D eigenvalue weighted by molar-refractivity contribution is 8.14. The zero-order valence-corrected chi connectivity index (χ0v) is 7.83. The highest BCUT2D eigenvalue weighted by atomic mass is 32.2. The molecule has 0 heterocycles. The van der Waals surface area contributed by atoms with Crippen molar-refractivity contribution in [3.63, 3.8) is 0 Å². The van der Waals surface area contributed by atoms with Gasteiger partial charge in [-0.2, -0.15) is 0 Å². The zero-order chi connectivity index (χ0) is 8.69. The van der Waals surface area contributed by atoms with Gasteiger partial charge >= 0.3 is 16.5 Å². The molecule has 0 bridgehead atoms. The number of nitrogens with zero attached hydrogens (tertiary/aromatic N) is 1. The maximum Gasteiger partial charge on any atom is 0.570 e. The van der Waals surface area contributed by atoms with Crippen molar-refractivity contribution in [3.8, 4) is 0 Å². The van der Waals surface area contributed by atoms with Gasteiger partial charge in [-0.1, -0.05) is 0 Å². The molecule has 5 N–H and O–H groups in total. The van der Waals surface area contributed by atoms with Crippen molar-refractivity contribution in [2.45, 2.75) is 0 Å². The first-order valence-corrected chi connectivity index (χ1v) is 4.58. The van der Waals surface area contributed by atoms with Crippen LogP contribution >= 0.6 is 11.9 Å². The van der Waals surface area contributed by atoms with Crippen molar-refractivity contribution in [1.82, 2.24) is 4.90 Å². The molecule has 0 aliphatic carbocycles. The maximum absolute atomic E-state index is 8.60. The monoisotopic (exact) mass is 197 g/mol. The van der Waals surface area contributed by atoms with E-state index in [1.165, 1.54) is 11.9 Å². The minimum atomic E-state index is 0.0424. The van der Waals surface area contributed by atoms with Crippen LogP contribution in [0.4, 0.5) is 0 Å². The van der Waals surface area contributed by atoms with E-state index in [4.69, 9.17) is 22.4 Å². The summed E-state index contributed by atoms with van der Waals surface area (Å²) in [5.41, 5.74) is 0. The van der Waals surface area contributed by atoms with E-state index < -0.39 is 0 Å². The van der Waals surface area contributed by atoms with Gasteiger partial charge in [0.25, 0.3) is 0 Å². The van der Waals surface area contributed by atoms with Crippen LogP contribution in [0.25, 0.3) is 0 Å². The minimum absolute atomic E-state index is 0.0424. The lowest BCUT2D eigenvalue weighted by molar-refractivity contribution is -0.134. The van der Waals surface area contributed by atoms with Crippen LogP contribution in [-0.4, -0.2) is 45.7 Å². The molecule has 0 unspecified atom stereocenters. The van der Waals surface area contributed by atoms with Crippen molar-refractivity contribution in [2.24, 2.45) is 0 Å². The van der Waals surface area contributed by atoms with Gasteiger partial charge in [0.2, 0.25) is 0 Å². The Morgan fingerprint density at radius 2 is 1.82 bits per heavy atom. The summed E-state index contributed by atoms with van der Waals surface area (Å²) in [6, 6.07) is 0. The predicted octanol–water partition coefficient (Wildman–Crippen LogP) is -2.20. The second kappa shape index (κ2) is 6.81. The summed E-state index contributed by atoms with van der Waals surface area (Å²) in [5, 5.41) is 20.7. The number of rotatable bonds is 4. The first-order chi connectivity index (χ1) is 5.26. The summed E-state index contributed by atoms with van der Waals surface area (Å²) in [4.78, 5) is 1.72. The van der Waals surface area contributed by atoms with Gasteiger partial charge in [-0.05, 0) is 0 Å². The molecule has 0 aliphatic rings. The molecule has 65 valence electrons. The van der Waals surface area contributed by atoms with Crippen LogP contribution in [0.2, 0.25) is 0 Å². The van der Waals surface area contributed by atoms with E-state index in [1.54, 1.807) is 4.90 Å². The lowest BCUT2D eigenvalue weighted by atomic mass is 10.5. The Labute approximate surface area is 75.5 Å². The van der Waals surface area contributed by atoms with Crippen LogP contribution in [-0.2, 0) is 12.2 Å². The number of quaternary nitrogens is 1. The molecule has 0 aromatic rings. The van der Waals surface area contributed by atoms with Gasteiger partial charge in [-0.15, -0.1) is 0 Å². The van der Waals surface area contributed by atoms with Crippen LogP contribution in [0.5, 0.6) is 0 Å². The van der Waals surface area contributed by atoms with Crippen LogP contribution in [0, 0.1) is 0 Å². The third-order valence-electron chi connectivity index (χ3n) is 1.12. The SMILES string of the molecule is [NH3+]SC(=[S+])N(CCO)CCO. The van der Waals surface area contributed by atoms with Gasteiger partial charge in [-0.25, -0.2) is 0 Å². The number of aliphatic hydroxyl groups excluding tert-OH is 2. The van der Waals surface area contributed by atoms with Gasteiger partial charge in [-0.3, -0.25) is 5.14 Å². The van der Waals surface area contributed by atoms with Crippen LogP contribution < -0.4 is 5.14 Å². The minimum Gasteiger partial charge on any atom is -0.395 e. The van der Waals surface area contributed by atoms with E-state index in [0.717, 1.165) is 0 Å². The van der Waals surface area contributed by atoms with Crippen LogP contribution in [0.3, 0.4) is 0 Å². The van der Waals surface area contributed by atoms with Gasteiger partial charge in [0.15, 0.2) is 11.9 Å². The lowest BCUT2D eigenvalue weighted by Gasteiger charge is -2.13. The molecule has 11 heavy (non-hydrogen) atoms. The fourth-order valence-electron chi connectivity index (χ4n) is 0.627. The topological polar surface area (TPSA) is 71.3 Å². The maximum atomic E-state index is 8.60. The van der Waals surface area contributed by atoms with Crippen molar-refractivity contribution < 1.29 is 15.4 Å². The molecule has 0 spiro atoms. The Balaban J connectivity index is 3.76. The smallest absolute Gasteiger partial charge is 0.395 e. The summed E-state index contributed by atoms with van der Waals surface area (Å²) in [7, 11) is 0. The molecule has 0 amide bonds. The number of hydrogen-bond acceptors (Lipinski definition) is 4. The first-order valence-electron chi connectivity index (χ1n) is 3.19. The predicted molar refractivity (Wildman–Crippen MR) is 48.6 cm³/mol. The lowest BCUT2D eigenvalue weighted by Crippen LogP contribution is -2.45. The van der Waals surface area contributed by atoms with E-state index in [0.29, 0.717) is 17.4 Å². The molecule has 0 aromatic heterocycles. The van der Waals surface area contributed by atoms with E-state index >= 15 is 0 Å². The van der Waals surface area contributed by atoms with Crippen LogP contribution in [0.15, 0.2) is 0 Å². The average Bonchev–Trinajstić information content (AvgIpc) is 2.03. The first kappa shape index (κ1) is 11.1. The molecule has 6 heteroatoms. The number of thiocarbonyl (C=S) groups is 1. The molecule has 0 fully saturated rings. The molecule has 0 aromatic carbocycles. The van der Waals surface area contributed by atoms with E-state index in [9.17, 15) is 0 Å². The van der Waals surface area contributed by atoms with Gasteiger partial charge < -0.3 is 15.1 Å². The number of hydrogen-bond donors (Lipinski definition) is 3. The van der Waals surface area contributed by atoms with E-state index in [-0.39, 0.29) is 13.2 Å². The standard InChI is InChI=1S/C5H12N2O2S2/c6-11-5(10)7(1-3-8)2-4-9/h8-9H,1-4,6H2/q+1/p+1. The van der Waals surface area contributed by atoms with Crippen molar-refractivity contribution in [2.75, 3.05) is 26.3 Å². The molecule has 4 nitrogen and oxygen atoms in total. The molecule has 1 radical (unpaired) electrons. The Morgan fingerprint density at radius 1 is 1.36 bits per heavy atom. The van der Waals surface area contributed by atoms with Crippen molar-refractivity contribution in [3.05, 3.63) is 0 Å².